The number of aromatic nitrogens is 2. The number of hydrogen-bond acceptors (Lipinski definition) is 5. The van der Waals surface area contributed by atoms with Gasteiger partial charge in [0.1, 0.15) is 0 Å². The maximum absolute atomic E-state index is 5.54. The van der Waals surface area contributed by atoms with Gasteiger partial charge < -0.3 is 15.1 Å². The second-order valence-electron chi connectivity index (χ2n) is 6.13. The molecule has 2 rings (SSSR count). The summed E-state index contributed by atoms with van der Waals surface area (Å²) < 4.78 is 5.54. The largest absolute Gasteiger partial charge is 0.406 e. The summed E-state index contributed by atoms with van der Waals surface area (Å²) in [5, 5.41) is 14.3. The van der Waals surface area contributed by atoms with Crippen molar-refractivity contribution in [1.29, 1.82) is 0 Å². The molecule has 0 amide bonds. The van der Waals surface area contributed by atoms with Gasteiger partial charge in [-0.15, -0.1) is 5.10 Å². The van der Waals surface area contributed by atoms with E-state index in [1.807, 2.05) is 12.1 Å². The van der Waals surface area contributed by atoms with Crippen LogP contribution in [0.2, 0.25) is 0 Å². The van der Waals surface area contributed by atoms with Crippen molar-refractivity contribution in [2.75, 3.05) is 11.9 Å². The quantitative estimate of drug-likeness (QED) is 0.795. The molecule has 114 valence electrons. The Bertz CT molecular complexity index is 554. The van der Waals surface area contributed by atoms with Gasteiger partial charge in [0.25, 0.3) is 0 Å². The van der Waals surface area contributed by atoms with Crippen LogP contribution in [0.15, 0.2) is 28.7 Å². The Kier molecular flexibility index (Phi) is 4.96. The molecule has 21 heavy (non-hydrogen) atoms. The van der Waals surface area contributed by atoms with Crippen molar-refractivity contribution in [3.05, 3.63) is 35.7 Å². The first kappa shape index (κ1) is 15.5. The molecule has 0 spiro atoms. The SMILES string of the molecule is CCCNCc1nnc(Nc2ccc(C(C)(C)C)cc2)o1. The molecule has 5 nitrogen and oxygen atoms in total. The van der Waals surface area contributed by atoms with Crippen LogP contribution >= 0.6 is 0 Å². The molecule has 0 bridgehead atoms. The topological polar surface area (TPSA) is 63.0 Å². The lowest BCUT2D eigenvalue weighted by atomic mass is 9.87. The molecule has 0 aliphatic carbocycles. The summed E-state index contributed by atoms with van der Waals surface area (Å²) in [7, 11) is 0. The van der Waals surface area contributed by atoms with Crippen molar-refractivity contribution >= 4 is 11.7 Å². The third-order valence-corrected chi connectivity index (χ3v) is 3.17. The van der Waals surface area contributed by atoms with Gasteiger partial charge in [0, 0.05) is 5.69 Å². The van der Waals surface area contributed by atoms with Crippen LogP contribution < -0.4 is 10.6 Å². The molecule has 0 aliphatic rings. The average molecular weight is 288 g/mol. The lowest BCUT2D eigenvalue weighted by Gasteiger charge is -2.19. The van der Waals surface area contributed by atoms with Crippen molar-refractivity contribution in [3.63, 3.8) is 0 Å². The molecule has 1 aromatic carbocycles. The minimum absolute atomic E-state index is 0.154. The predicted octanol–water partition coefficient (Wildman–Crippen LogP) is 3.61. The highest BCUT2D eigenvalue weighted by Gasteiger charge is 2.13. The van der Waals surface area contributed by atoms with Gasteiger partial charge in [-0.2, -0.15) is 0 Å². The third kappa shape index (κ3) is 4.56. The zero-order valence-electron chi connectivity index (χ0n) is 13.2. The van der Waals surface area contributed by atoms with E-state index in [-0.39, 0.29) is 5.41 Å². The lowest BCUT2D eigenvalue weighted by Crippen LogP contribution is -2.13. The maximum Gasteiger partial charge on any atom is 0.320 e. The second kappa shape index (κ2) is 6.72. The van der Waals surface area contributed by atoms with E-state index >= 15 is 0 Å². The van der Waals surface area contributed by atoms with E-state index in [4.69, 9.17) is 4.42 Å². The van der Waals surface area contributed by atoms with Crippen molar-refractivity contribution in [2.45, 2.75) is 46.1 Å². The maximum atomic E-state index is 5.54. The number of benzene rings is 1. The first-order valence-electron chi connectivity index (χ1n) is 7.39. The van der Waals surface area contributed by atoms with Crippen LogP contribution in [0, 0.1) is 0 Å². The van der Waals surface area contributed by atoms with E-state index in [0.29, 0.717) is 18.5 Å². The normalized spacial score (nSPS) is 11.6. The zero-order chi connectivity index (χ0) is 15.3. The molecule has 0 fully saturated rings. The number of hydrogen-bond donors (Lipinski definition) is 2. The minimum Gasteiger partial charge on any atom is -0.406 e. The van der Waals surface area contributed by atoms with Gasteiger partial charge >= 0.3 is 6.01 Å². The Morgan fingerprint density at radius 1 is 1.10 bits per heavy atom. The van der Waals surface area contributed by atoms with Gasteiger partial charge in [0.05, 0.1) is 6.54 Å². The summed E-state index contributed by atoms with van der Waals surface area (Å²) in [4.78, 5) is 0. The first-order chi connectivity index (χ1) is 9.99. The van der Waals surface area contributed by atoms with Gasteiger partial charge in [0.2, 0.25) is 5.89 Å². The Balaban J connectivity index is 1.95. The van der Waals surface area contributed by atoms with Crippen LogP contribution in [0.3, 0.4) is 0 Å². The third-order valence-electron chi connectivity index (χ3n) is 3.17. The fourth-order valence-corrected chi connectivity index (χ4v) is 1.92. The molecule has 0 unspecified atom stereocenters. The Hall–Kier alpha value is -1.88. The van der Waals surface area contributed by atoms with E-state index in [9.17, 15) is 0 Å². The monoisotopic (exact) mass is 288 g/mol. The van der Waals surface area contributed by atoms with E-state index in [0.717, 1.165) is 18.7 Å². The smallest absolute Gasteiger partial charge is 0.320 e. The number of nitrogens with zero attached hydrogens (tertiary/aromatic N) is 2. The van der Waals surface area contributed by atoms with Gasteiger partial charge in [-0.05, 0) is 36.1 Å². The molecule has 0 radical (unpaired) electrons. The van der Waals surface area contributed by atoms with Crippen LogP contribution in [-0.2, 0) is 12.0 Å². The van der Waals surface area contributed by atoms with E-state index in [1.165, 1.54) is 5.56 Å². The molecule has 1 aromatic heterocycles. The molecule has 0 aliphatic heterocycles. The van der Waals surface area contributed by atoms with Crippen molar-refractivity contribution in [2.24, 2.45) is 0 Å². The molecular formula is C16H24N4O. The predicted molar refractivity (Wildman–Crippen MR) is 84.7 cm³/mol. The second-order valence-corrected chi connectivity index (χ2v) is 6.13. The van der Waals surface area contributed by atoms with Crippen molar-refractivity contribution < 1.29 is 4.42 Å². The van der Waals surface area contributed by atoms with E-state index < -0.39 is 0 Å². The fourth-order valence-electron chi connectivity index (χ4n) is 1.92. The van der Waals surface area contributed by atoms with Gasteiger partial charge in [-0.1, -0.05) is 44.9 Å². The van der Waals surface area contributed by atoms with Crippen LogP contribution in [0.25, 0.3) is 0 Å². The van der Waals surface area contributed by atoms with Crippen LogP contribution in [0.4, 0.5) is 11.7 Å². The number of nitrogens with one attached hydrogen (secondary N) is 2. The van der Waals surface area contributed by atoms with Crippen molar-refractivity contribution in [3.8, 4) is 0 Å². The highest BCUT2D eigenvalue weighted by atomic mass is 16.4. The molecule has 2 N–H and O–H groups in total. The highest BCUT2D eigenvalue weighted by molar-refractivity contribution is 5.52. The summed E-state index contributed by atoms with van der Waals surface area (Å²) in [6.45, 7) is 10.3. The lowest BCUT2D eigenvalue weighted by molar-refractivity contribution is 0.479. The van der Waals surface area contributed by atoms with Gasteiger partial charge in [-0.25, -0.2) is 0 Å². The Morgan fingerprint density at radius 2 is 1.81 bits per heavy atom. The van der Waals surface area contributed by atoms with Crippen LogP contribution in [0.5, 0.6) is 0 Å². The molecule has 0 saturated heterocycles. The standard InChI is InChI=1S/C16H24N4O/c1-5-10-17-11-14-19-20-15(21-14)18-13-8-6-12(7-9-13)16(2,3)4/h6-9,17H,5,10-11H2,1-4H3,(H,18,20). The fraction of sp³-hybridized carbons (Fsp3) is 0.500. The Morgan fingerprint density at radius 3 is 2.43 bits per heavy atom. The molecule has 0 saturated carbocycles. The van der Waals surface area contributed by atoms with Crippen molar-refractivity contribution in [1.82, 2.24) is 15.5 Å². The van der Waals surface area contributed by atoms with E-state index in [1.54, 1.807) is 0 Å². The molecule has 2 aromatic rings. The van der Waals surface area contributed by atoms with Crippen LogP contribution in [-0.4, -0.2) is 16.7 Å². The van der Waals surface area contributed by atoms with Gasteiger partial charge in [0.15, 0.2) is 0 Å². The van der Waals surface area contributed by atoms with Crippen LogP contribution in [0.1, 0.15) is 45.6 Å². The molecular weight excluding hydrogens is 264 g/mol. The average Bonchev–Trinajstić information content (AvgIpc) is 2.86. The highest BCUT2D eigenvalue weighted by Crippen LogP contribution is 2.24. The van der Waals surface area contributed by atoms with E-state index in [2.05, 4.69) is 60.7 Å². The Labute approximate surface area is 126 Å². The number of anilines is 2. The first-order valence-corrected chi connectivity index (χ1v) is 7.39. The summed E-state index contributed by atoms with van der Waals surface area (Å²) in [6, 6.07) is 8.71. The molecule has 0 atom stereocenters. The number of rotatable bonds is 6. The van der Waals surface area contributed by atoms with Gasteiger partial charge in [-0.3, -0.25) is 0 Å². The summed E-state index contributed by atoms with van der Waals surface area (Å²) in [6.07, 6.45) is 1.08. The summed E-state index contributed by atoms with van der Waals surface area (Å²) in [5.41, 5.74) is 2.39. The molecule has 5 heteroatoms. The summed E-state index contributed by atoms with van der Waals surface area (Å²) in [5.74, 6) is 0.595. The minimum atomic E-state index is 0.154. The molecule has 1 heterocycles. The zero-order valence-corrected chi connectivity index (χ0v) is 13.2. The summed E-state index contributed by atoms with van der Waals surface area (Å²) >= 11 is 0.